The molecule has 0 heterocycles. The van der Waals surface area contributed by atoms with Gasteiger partial charge in [-0.2, -0.15) is 0 Å². The number of aliphatic hydroxyl groups excluding tert-OH is 1. The molecule has 0 radical (unpaired) electrons. The molecule has 0 aromatic rings. The summed E-state index contributed by atoms with van der Waals surface area (Å²) in [6.45, 7) is 14.1. The average molecular weight is 370 g/mol. The van der Waals surface area contributed by atoms with Gasteiger partial charge < -0.3 is 9.84 Å². The first-order valence-electron chi connectivity index (χ1n) is 10.6. The maximum absolute atomic E-state index is 11.8. The van der Waals surface area contributed by atoms with E-state index in [0.717, 1.165) is 58.2 Å². The van der Waals surface area contributed by atoms with Gasteiger partial charge in [-0.25, -0.2) is 0 Å². The number of hydrogen-bond acceptors (Lipinski definition) is 4. The number of esters is 1. The Morgan fingerprint density at radius 2 is 1.69 bits per heavy atom. The van der Waals surface area contributed by atoms with Gasteiger partial charge in [0.05, 0.1) is 6.10 Å². The monoisotopic (exact) mass is 369 g/mol. The molecule has 0 aliphatic rings. The summed E-state index contributed by atoms with van der Waals surface area (Å²) in [4.78, 5) is 14.1. The lowest BCUT2D eigenvalue weighted by Crippen LogP contribution is -2.29. The summed E-state index contributed by atoms with van der Waals surface area (Å²) in [5, 5.41) is 9.45. The number of nitrogens with zero attached hydrogens (tertiary/aromatic N) is 1. The van der Waals surface area contributed by atoms with Crippen LogP contribution in [0.25, 0.3) is 0 Å². The quantitative estimate of drug-likeness (QED) is 0.241. The Morgan fingerprint density at radius 3 is 2.27 bits per heavy atom. The third-order valence-corrected chi connectivity index (χ3v) is 4.86. The first-order valence-corrected chi connectivity index (χ1v) is 10.6. The van der Waals surface area contributed by atoms with Crippen LogP contribution >= 0.6 is 0 Å². The molecule has 0 amide bonds. The van der Waals surface area contributed by atoms with Crippen LogP contribution in [-0.2, 0) is 9.53 Å². The van der Waals surface area contributed by atoms with Gasteiger partial charge in [-0.1, -0.05) is 39.8 Å². The summed E-state index contributed by atoms with van der Waals surface area (Å²) in [7, 11) is 0. The summed E-state index contributed by atoms with van der Waals surface area (Å²) in [5.41, 5.74) is 0. The first kappa shape index (κ1) is 25.1. The molecule has 3 atom stereocenters. The minimum atomic E-state index is -0.224. The molecule has 0 fully saturated rings. The van der Waals surface area contributed by atoms with Crippen molar-refractivity contribution in [2.45, 2.75) is 85.7 Å². The van der Waals surface area contributed by atoms with Crippen molar-refractivity contribution in [1.82, 2.24) is 4.90 Å². The molecule has 0 spiro atoms. The maximum Gasteiger partial charge on any atom is 0.305 e. The van der Waals surface area contributed by atoms with Crippen LogP contribution in [0.1, 0.15) is 79.6 Å². The average Bonchev–Trinajstić information content (AvgIpc) is 2.57. The van der Waals surface area contributed by atoms with Crippen LogP contribution in [0.15, 0.2) is 12.2 Å². The van der Waals surface area contributed by atoms with Gasteiger partial charge in [0.1, 0.15) is 6.61 Å². The number of carbonyl (C=O) groups is 1. The van der Waals surface area contributed by atoms with Crippen molar-refractivity contribution < 1.29 is 14.6 Å². The zero-order chi connectivity index (χ0) is 19.8. The van der Waals surface area contributed by atoms with Crippen molar-refractivity contribution in [2.75, 3.05) is 26.2 Å². The Labute approximate surface area is 162 Å². The number of allylic oxidation sites excluding steroid dienone is 2. The summed E-state index contributed by atoms with van der Waals surface area (Å²) in [5.74, 6) is 1.01. The van der Waals surface area contributed by atoms with Crippen molar-refractivity contribution in [3.8, 4) is 0 Å². The van der Waals surface area contributed by atoms with E-state index in [9.17, 15) is 9.90 Å². The van der Waals surface area contributed by atoms with Gasteiger partial charge in [-0.05, 0) is 70.4 Å². The lowest BCUT2D eigenvalue weighted by atomic mass is 9.88. The molecule has 1 unspecified atom stereocenters. The molecule has 4 heteroatoms. The summed E-state index contributed by atoms with van der Waals surface area (Å²) in [6.07, 6.45) is 10.6. The molecule has 0 aliphatic carbocycles. The summed E-state index contributed by atoms with van der Waals surface area (Å²) >= 11 is 0. The van der Waals surface area contributed by atoms with Crippen LogP contribution in [-0.4, -0.2) is 48.3 Å². The Morgan fingerprint density at radius 1 is 1.04 bits per heavy atom. The number of aliphatic hydroxyl groups is 1. The third kappa shape index (κ3) is 14.3. The Balaban J connectivity index is 3.75. The van der Waals surface area contributed by atoms with Gasteiger partial charge in [0.25, 0.3) is 0 Å². The second-order valence-electron chi connectivity index (χ2n) is 7.70. The molecule has 0 aromatic heterocycles. The minimum Gasteiger partial charge on any atom is -0.464 e. The molecule has 154 valence electrons. The van der Waals surface area contributed by atoms with Gasteiger partial charge in [-0.3, -0.25) is 9.69 Å². The molecule has 0 bridgehead atoms. The molecular weight excluding hydrogens is 326 g/mol. The van der Waals surface area contributed by atoms with E-state index >= 15 is 0 Å². The predicted molar refractivity (Wildman–Crippen MR) is 110 cm³/mol. The van der Waals surface area contributed by atoms with Crippen LogP contribution in [0.5, 0.6) is 0 Å². The van der Waals surface area contributed by atoms with E-state index < -0.39 is 0 Å². The fourth-order valence-corrected chi connectivity index (χ4v) is 3.12. The zero-order valence-electron chi connectivity index (χ0n) is 17.9. The second-order valence-corrected chi connectivity index (χ2v) is 7.70. The smallest absolute Gasteiger partial charge is 0.305 e. The van der Waals surface area contributed by atoms with Gasteiger partial charge >= 0.3 is 5.97 Å². The highest BCUT2D eigenvalue weighted by atomic mass is 16.5. The lowest BCUT2D eigenvalue weighted by Gasteiger charge is -2.20. The number of rotatable bonds is 16. The van der Waals surface area contributed by atoms with Crippen LogP contribution in [0.2, 0.25) is 0 Å². The van der Waals surface area contributed by atoms with Crippen molar-refractivity contribution in [3.05, 3.63) is 12.2 Å². The van der Waals surface area contributed by atoms with Crippen molar-refractivity contribution in [2.24, 2.45) is 11.8 Å². The Kier molecular flexibility index (Phi) is 15.8. The largest absolute Gasteiger partial charge is 0.464 e. The van der Waals surface area contributed by atoms with E-state index in [1.54, 1.807) is 0 Å². The minimum absolute atomic E-state index is 0.0785. The van der Waals surface area contributed by atoms with E-state index in [1.165, 1.54) is 0 Å². The standard InChI is InChI=1S/C22H43NO3/c1-6-14-23(15-7-2)16-17-26-22(25)13-11-9-8-10-12-19(3)20(4)18-21(5)24/h8,10,19-21,24H,6-7,9,11-18H2,1-5H3/b10-8-/t19-,20?,21-/m0/s1. The van der Waals surface area contributed by atoms with Gasteiger partial charge in [0.2, 0.25) is 0 Å². The number of hydrogen-bond donors (Lipinski definition) is 1. The van der Waals surface area contributed by atoms with Gasteiger partial charge in [-0.15, -0.1) is 0 Å². The van der Waals surface area contributed by atoms with Crippen LogP contribution in [0.3, 0.4) is 0 Å². The molecule has 0 aliphatic heterocycles. The van der Waals surface area contributed by atoms with E-state index in [-0.39, 0.29) is 12.1 Å². The predicted octanol–water partition coefficient (Wildman–Crippen LogP) is 4.81. The van der Waals surface area contributed by atoms with E-state index in [0.29, 0.717) is 24.9 Å². The van der Waals surface area contributed by atoms with Gasteiger partial charge in [0, 0.05) is 13.0 Å². The normalized spacial score (nSPS) is 15.3. The molecule has 4 nitrogen and oxygen atoms in total. The summed E-state index contributed by atoms with van der Waals surface area (Å²) < 4.78 is 5.35. The highest BCUT2D eigenvalue weighted by Gasteiger charge is 2.12. The van der Waals surface area contributed by atoms with Crippen molar-refractivity contribution in [1.29, 1.82) is 0 Å². The molecule has 1 N–H and O–H groups in total. The van der Waals surface area contributed by atoms with E-state index in [1.807, 2.05) is 6.92 Å². The first-order chi connectivity index (χ1) is 12.4. The summed E-state index contributed by atoms with van der Waals surface area (Å²) in [6, 6.07) is 0. The van der Waals surface area contributed by atoms with Crippen LogP contribution < -0.4 is 0 Å². The van der Waals surface area contributed by atoms with E-state index in [2.05, 4.69) is 44.7 Å². The topological polar surface area (TPSA) is 49.8 Å². The third-order valence-electron chi connectivity index (χ3n) is 4.86. The molecule has 0 aromatic carbocycles. The second kappa shape index (κ2) is 16.3. The fourth-order valence-electron chi connectivity index (χ4n) is 3.12. The fraction of sp³-hybridized carbons (Fsp3) is 0.864. The number of carbonyl (C=O) groups excluding carboxylic acids is 1. The lowest BCUT2D eigenvalue weighted by molar-refractivity contribution is -0.144. The Hall–Kier alpha value is -0.870. The van der Waals surface area contributed by atoms with E-state index in [4.69, 9.17) is 4.74 Å². The molecular formula is C22H43NO3. The molecule has 0 saturated heterocycles. The Bertz CT molecular complexity index is 362. The maximum atomic E-state index is 11.8. The van der Waals surface area contributed by atoms with Gasteiger partial charge in [0.15, 0.2) is 0 Å². The number of ether oxygens (including phenoxy) is 1. The zero-order valence-corrected chi connectivity index (χ0v) is 17.9. The van der Waals surface area contributed by atoms with Crippen molar-refractivity contribution >= 4 is 5.97 Å². The molecule has 0 rings (SSSR count). The molecule has 26 heavy (non-hydrogen) atoms. The van der Waals surface area contributed by atoms with Crippen LogP contribution in [0, 0.1) is 11.8 Å². The highest BCUT2D eigenvalue weighted by molar-refractivity contribution is 5.69. The van der Waals surface area contributed by atoms with Crippen LogP contribution in [0.4, 0.5) is 0 Å². The highest BCUT2D eigenvalue weighted by Crippen LogP contribution is 2.20. The van der Waals surface area contributed by atoms with Crippen molar-refractivity contribution in [3.63, 3.8) is 0 Å². The number of unbranched alkanes of at least 4 members (excludes halogenated alkanes) is 1. The SMILES string of the molecule is CCCN(CCC)CCOC(=O)CCC/C=C\C[C@H](C)C(C)C[C@H](C)O. The molecule has 0 saturated carbocycles.